The third-order valence-corrected chi connectivity index (χ3v) is 6.18. The number of pyridine rings is 1. The molecule has 2 N–H and O–H groups in total. The number of amides is 1. The van der Waals surface area contributed by atoms with Crippen molar-refractivity contribution >= 4 is 28.5 Å². The highest BCUT2D eigenvalue weighted by Crippen LogP contribution is 2.38. The van der Waals surface area contributed by atoms with Gasteiger partial charge in [-0.3, -0.25) is 4.79 Å². The summed E-state index contributed by atoms with van der Waals surface area (Å²) >= 11 is 6.35. The van der Waals surface area contributed by atoms with Crippen LogP contribution in [0, 0.1) is 0 Å². The molecule has 1 saturated carbocycles. The Bertz CT molecular complexity index is 902. The van der Waals surface area contributed by atoms with E-state index in [4.69, 9.17) is 16.3 Å². The van der Waals surface area contributed by atoms with Crippen molar-refractivity contribution < 1.29 is 23.4 Å². The molecule has 0 spiro atoms. The Labute approximate surface area is 172 Å². The summed E-state index contributed by atoms with van der Waals surface area (Å²) in [7, 11) is 0. The maximum absolute atomic E-state index is 13.4. The topological polar surface area (TPSA) is 76.4 Å². The van der Waals surface area contributed by atoms with Crippen molar-refractivity contribution in [3.63, 3.8) is 0 Å². The molecule has 6 nitrogen and oxygen atoms in total. The van der Waals surface area contributed by atoms with E-state index in [-0.39, 0.29) is 38.3 Å². The van der Waals surface area contributed by atoms with Crippen LogP contribution in [0.5, 0.6) is 0 Å². The van der Waals surface area contributed by atoms with Crippen molar-refractivity contribution in [1.29, 1.82) is 0 Å². The normalized spacial score (nSPS) is 23.4. The van der Waals surface area contributed by atoms with Crippen LogP contribution in [-0.4, -0.2) is 51.3 Å². The van der Waals surface area contributed by atoms with E-state index in [1.807, 2.05) is 4.57 Å². The minimum atomic E-state index is -2.74. The molecule has 29 heavy (non-hydrogen) atoms. The van der Waals surface area contributed by atoms with E-state index in [2.05, 4.69) is 10.3 Å². The number of ether oxygens (including phenoxy) is 1. The molecule has 2 aromatic heterocycles. The zero-order valence-electron chi connectivity index (χ0n) is 16.0. The lowest BCUT2D eigenvalue weighted by Crippen LogP contribution is -2.47. The molecule has 2 aromatic rings. The van der Waals surface area contributed by atoms with Gasteiger partial charge < -0.3 is 19.7 Å². The third kappa shape index (κ3) is 4.39. The number of halogens is 3. The molecule has 0 bridgehead atoms. The lowest BCUT2D eigenvalue weighted by molar-refractivity contribution is -0.101. The van der Waals surface area contributed by atoms with Gasteiger partial charge in [-0.1, -0.05) is 11.6 Å². The number of aromatic nitrogens is 2. The molecule has 1 aliphatic carbocycles. The van der Waals surface area contributed by atoms with Gasteiger partial charge >= 0.3 is 0 Å². The predicted octanol–water partition coefficient (Wildman–Crippen LogP) is 3.54. The average Bonchev–Trinajstić information content (AvgIpc) is 3.32. The van der Waals surface area contributed by atoms with E-state index in [0.717, 1.165) is 19.4 Å². The van der Waals surface area contributed by atoms with Crippen molar-refractivity contribution in [3.8, 4) is 0 Å². The van der Waals surface area contributed by atoms with Crippen LogP contribution in [0.3, 0.4) is 0 Å². The molecule has 1 amide bonds. The number of nitrogens with one attached hydrogen (secondary N) is 1. The van der Waals surface area contributed by atoms with E-state index in [0.29, 0.717) is 28.2 Å². The SMILES string of the molecule is O=C(NCC1(O)CCC(F)(F)CC1)c1cn(CC2CCCO2)c2nccc(Cl)c12. The first-order valence-corrected chi connectivity index (χ1v) is 10.3. The number of fused-ring (bicyclic) bond motifs is 1. The molecule has 2 aliphatic rings. The highest BCUT2D eigenvalue weighted by molar-refractivity contribution is 6.36. The van der Waals surface area contributed by atoms with Crippen LogP contribution in [0.4, 0.5) is 8.78 Å². The molecule has 4 rings (SSSR count). The second-order valence-corrected chi connectivity index (χ2v) is 8.49. The number of carbonyl (C=O) groups excluding carboxylic acids is 1. The van der Waals surface area contributed by atoms with Crippen LogP contribution in [0.15, 0.2) is 18.5 Å². The molecule has 1 unspecified atom stereocenters. The van der Waals surface area contributed by atoms with Crippen LogP contribution in [-0.2, 0) is 11.3 Å². The largest absolute Gasteiger partial charge is 0.388 e. The number of alkyl halides is 2. The molecule has 1 atom stereocenters. The Morgan fingerprint density at radius 1 is 1.38 bits per heavy atom. The summed E-state index contributed by atoms with van der Waals surface area (Å²) in [5.74, 6) is -3.16. The molecule has 2 fully saturated rings. The number of hydrogen-bond donors (Lipinski definition) is 2. The summed E-state index contributed by atoms with van der Waals surface area (Å²) in [5.41, 5.74) is -0.384. The Hall–Kier alpha value is -1.77. The predicted molar refractivity (Wildman–Crippen MR) is 104 cm³/mol. The molecular formula is C20H24ClF2N3O3. The van der Waals surface area contributed by atoms with Gasteiger partial charge in [-0.05, 0) is 31.7 Å². The quantitative estimate of drug-likeness (QED) is 0.765. The molecule has 158 valence electrons. The fourth-order valence-corrected chi connectivity index (χ4v) is 4.34. The summed E-state index contributed by atoms with van der Waals surface area (Å²) in [6, 6.07) is 1.62. The molecule has 1 aliphatic heterocycles. The van der Waals surface area contributed by atoms with E-state index in [9.17, 15) is 18.7 Å². The molecule has 0 radical (unpaired) electrons. The van der Waals surface area contributed by atoms with Crippen LogP contribution in [0.1, 0.15) is 48.9 Å². The first-order valence-electron chi connectivity index (χ1n) is 9.90. The van der Waals surface area contributed by atoms with Crippen molar-refractivity contribution in [2.24, 2.45) is 0 Å². The molecule has 3 heterocycles. The Morgan fingerprint density at radius 3 is 2.83 bits per heavy atom. The van der Waals surface area contributed by atoms with Crippen molar-refractivity contribution in [2.45, 2.75) is 62.7 Å². The van der Waals surface area contributed by atoms with Crippen LogP contribution < -0.4 is 5.32 Å². The standard InChI is InChI=1S/C20H24ClF2N3O3/c21-15-3-8-24-17-16(15)14(11-26(17)10-13-2-1-9-29-13)18(27)25-12-19(28)4-6-20(22,23)7-5-19/h3,8,11,13,28H,1-2,4-7,9-10,12H2,(H,25,27). The smallest absolute Gasteiger partial charge is 0.253 e. The van der Waals surface area contributed by atoms with Gasteiger partial charge in [0.15, 0.2) is 0 Å². The van der Waals surface area contributed by atoms with Crippen molar-refractivity contribution in [1.82, 2.24) is 14.9 Å². The van der Waals surface area contributed by atoms with Gasteiger partial charge in [0.25, 0.3) is 5.91 Å². The average molecular weight is 428 g/mol. The summed E-state index contributed by atoms with van der Waals surface area (Å²) < 4.78 is 34.3. The van der Waals surface area contributed by atoms with E-state index in [1.165, 1.54) is 0 Å². The summed E-state index contributed by atoms with van der Waals surface area (Å²) in [6.07, 6.45) is 4.43. The third-order valence-electron chi connectivity index (χ3n) is 5.87. The van der Waals surface area contributed by atoms with Crippen molar-refractivity contribution in [3.05, 3.63) is 29.0 Å². The highest BCUT2D eigenvalue weighted by Gasteiger charge is 2.42. The Morgan fingerprint density at radius 2 is 2.14 bits per heavy atom. The number of hydrogen-bond acceptors (Lipinski definition) is 4. The summed E-state index contributed by atoms with van der Waals surface area (Å²) in [4.78, 5) is 17.2. The lowest BCUT2D eigenvalue weighted by Gasteiger charge is -2.35. The number of aliphatic hydroxyl groups is 1. The fraction of sp³-hybridized carbons (Fsp3) is 0.600. The zero-order valence-corrected chi connectivity index (χ0v) is 16.7. The molecule has 1 saturated heterocycles. The molecule has 9 heteroatoms. The second-order valence-electron chi connectivity index (χ2n) is 8.08. The summed E-state index contributed by atoms with van der Waals surface area (Å²) in [6.45, 7) is 1.21. The minimum Gasteiger partial charge on any atom is -0.388 e. The van der Waals surface area contributed by atoms with E-state index in [1.54, 1.807) is 18.5 Å². The van der Waals surface area contributed by atoms with Gasteiger partial charge in [0.1, 0.15) is 5.65 Å². The van der Waals surface area contributed by atoms with Gasteiger partial charge in [0.2, 0.25) is 5.92 Å². The van der Waals surface area contributed by atoms with Gasteiger partial charge in [-0.15, -0.1) is 0 Å². The van der Waals surface area contributed by atoms with Crippen LogP contribution in [0.2, 0.25) is 5.02 Å². The van der Waals surface area contributed by atoms with E-state index >= 15 is 0 Å². The Kier molecular flexibility index (Phi) is 5.52. The van der Waals surface area contributed by atoms with Gasteiger partial charge in [0.05, 0.1) is 34.2 Å². The maximum Gasteiger partial charge on any atom is 0.253 e. The monoisotopic (exact) mass is 427 g/mol. The Balaban J connectivity index is 1.52. The van der Waals surface area contributed by atoms with Gasteiger partial charge in [-0.2, -0.15) is 0 Å². The zero-order chi connectivity index (χ0) is 20.6. The molecular weight excluding hydrogens is 404 g/mol. The van der Waals surface area contributed by atoms with Crippen LogP contribution >= 0.6 is 11.6 Å². The lowest BCUT2D eigenvalue weighted by atomic mass is 9.82. The summed E-state index contributed by atoms with van der Waals surface area (Å²) in [5, 5.41) is 14.2. The number of nitrogens with zero attached hydrogens (tertiary/aromatic N) is 2. The van der Waals surface area contributed by atoms with Gasteiger partial charge in [-0.25, -0.2) is 13.8 Å². The first-order chi connectivity index (χ1) is 13.8. The van der Waals surface area contributed by atoms with Crippen LogP contribution in [0.25, 0.3) is 11.0 Å². The number of rotatable bonds is 5. The first kappa shape index (κ1) is 20.5. The second kappa shape index (κ2) is 7.81. The fourth-order valence-electron chi connectivity index (χ4n) is 4.09. The number of carbonyl (C=O) groups is 1. The van der Waals surface area contributed by atoms with Gasteiger partial charge in [0, 0.05) is 38.4 Å². The molecule has 0 aromatic carbocycles. The minimum absolute atomic E-state index is 0.0522. The van der Waals surface area contributed by atoms with E-state index < -0.39 is 17.4 Å². The van der Waals surface area contributed by atoms with Crippen molar-refractivity contribution in [2.75, 3.05) is 13.2 Å². The highest BCUT2D eigenvalue weighted by atomic mass is 35.5. The maximum atomic E-state index is 13.4.